The van der Waals surface area contributed by atoms with Gasteiger partial charge in [0, 0.05) is 13.5 Å². The van der Waals surface area contributed by atoms with Crippen molar-refractivity contribution in [3.63, 3.8) is 0 Å². The van der Waals surface area contributed by atoms with E-state index in [-0.39, 0.29) is 17.8 Å². The van der Waals surface area contributed by atoms with Crippen LogP contribution in [0, 0.1) is 0 Å². The highest BCUT2D eigenvalue weighted by atomic mass is 16.4. The summed E-state index contributed by atoms with van der Waals surface area (Å²) in [5.41, 5.74) is 5.48. The van der Waals surface area contributed by atoms with Crippen molar-refractivity contribution in [1.82, 2.24) is 4.90 Å². The van der Waals surface area contributed by atoms with Crippen molar-refractivity contribution in [3.8, 4) is 0 Å². The van der Waals surface area contributed by atoms with Gasteiger partial charge in [-0.3, -0.25) is 4.79 Å². The van der Waals surface area contributed by atoms with E-state index in [1.807, 2.05) is 0 Å². The lowest BCUT2D eigenvalue weighted by Gasteiger charge is -2.33. The maximum atomic E-state index is 11.2. The maximum Gasteiger partial charge on any atom is 0.220 e. The molecule has 0 bridgehead atoms. The van der Waals surface area contributed by atoms with E-state index in [1.165, 1.54) is 6.92 Å². The van der Waals surface area contributed by atoms with Crippen molar-refractivity contribution >= 4 is 11.7 Å². The molecule has 1 rings (SSSR count). The molecule has 0 aromatic rings. The maximum absolute atomic E-state index is 11.2. The largest absolute Gasteiger partial charge is 0.409 e. The van der Waals surface area contributed by atoms with Crippen LogP contribution in [0.4, 0.5) is 0 Å². The number of amides is 1. The standard InChI is InChI=1S/C8H15N3O2/c1-6(12)11-5-3-2-4-7(11)8(9)10-13/h7,13H,2-5H2,1H3,(H2,9,10). The Kier molecular flexibility index (Phi) is 3.11. The topological polar surface area (TPSA) is 78.9 Å². The second kappa shape index (κ2) is 4.11. The molecule has 1 amide bonds. The first kappa shape index (κ1) is 9.83. The normalized spacial score (nSPS) is 24.5. The van der Waals surface area contributed by atoms with Gasteiger partial charge in [-0.2, -0.15) is 0 Å². The fourth-order valence-corrected chi connectivity index (χ4v) is 1.68. The van der Waals surface area contributed by atoms with Gasteiger partial charge in [0.05, 0.1) is 6.04 Å². The average molecular weight is 185 g/mol. The van der Waals surface area contributed by atoms with Crippen molar-refractivity contribution in [2.24, 2.45) is 10.9 Å². The first-order chi connectivity index (χ1) is 6.16. The Morgan fingerprint density at radius 2 is 2.31 bits per heavy atom. The zero-order valence-corrected chi connectivity index (χ0v) is 7.73. The number of rotatable bonds is 1. The van der Waals surface area contributed by atoms with E-state index in [1.54, 1.807) is 4.90 Å². The fourth-order valence-electron chi connectivity index (χ4n) is 1.68. The highest BCUT2D eigenvalue weighted by Gasteiger charge is 2.27. The number of carbonyl (C=O) groups excluding carboxylic acids is 1. The predicted molar refractivity (Wildman–Crippen MR) is 48.4 cm³/mol. The Morgan fingerprint density at radius 1 is 1.62 bits per heavy atom. The van der Waals surface area contributed by atoms with Crippen LogP contribution in [0.2, 0.25) is 0 Å². The summed E-state index contributed by atoms with van der Waals surface area (Å²) in [5, 5.41) is 11.5. The summed E-state index contributed by atoms with van der Waals surface area (Å²) in [6.07, 6.45) is 2.80. The summed E-state index contributed by atoms with van der Waals surface area (Å²) in [5.74, 6) is 0.117. The predicted octanol–water partition coefficient (Wildman–Crippen LogP) is 0.134. The number of likely N-dealkylation sites (tertiary alicyclic amines) is 1. The van der Waals surface area contributed by atoms with E-state index in [4.69, 9.17) is 10.9 Å². The molecule has 74 valence electrons. The van der Waals surface area contributed by atoms with Crippen LogP contribution in [0.1, 0.15) is 26.2 Å². The summed E-state index contributed by atoms with van der Waals surface area (Å²) < 4.78 is 0. The average Bonchev–Trinajstić information content (AvgIpc) is 2.16. The minimum absolute atomic E-state index is 0.0173. The summed E-state index contributed by atoms with van der Waals surface area (Å²) in [4.78, 5) is 12.8. The molecule has 0 aliphatic carbocycles. The SMILES string of the molecule is CC(=O)N1CCCCC1C(N)=NO. The Labute approximate surface area is 77.2 Å². The monoisotopic (exact) mass is 185 g/mol. The minimum Gasteiger partial charge on any atom is -0.409 e. The van der Waals surface area contributed by atoms with Crippen LogP contribution in [0.3, 0.4) is 0 Å². The molecule has 1 aliphatic rings. The quantitative estimate of drug-likeness (QED) is 0.264. The number of nitrogens with zero attached hydrogens (tertiary/aromatic N) is 2. The van der Waals surface area contributed by atoms with Gasteiger partial charge in [-0.15, -0.1) is 0 Å². The van der Waals surface area contributed by atoms with Crippen LogP contribution in [0.15, 0.2) is 5.16 Å². The molecule has 1 aliphatic heterocycles. The van der Waals surface area contributed by atoms with Gasteiger partial charge in [-0.05, 0) is 19.3 Å². The van der Waals surface area contributed by atoms with Crippen molar-refractivity contribution in [3.05, 3.63) is 0 Å². The van der Waals surface area contributed by atoms with Gasteiger partial charge >= 0.3 is 0 Å². The zero-order chi connectivity index (χ0) is 9.84. The third-order valence-corrected chi connectivity index (χ3v) is 2.36. The van der Waals surface area contributed by atoms with Crippen molar-refractivity contribution in [1.29, 1.82) is 0 Å². The number of piperidine rings is 1. The molecule has 1 heterocycles. The lowest BCUT2D eigenvalue weighted by Crippen LogP contribution is -2.49. The number of amidine groups is 1. The molecular weight excluding hydrogens is 170 g/mol. The molecule has 3 N–H and O–H groups in total. The van der Waals surface area contributed by atoms with Gasteiger partial charge in [0.2, 0.25) is 5.91 Å². The molecule has 1 saturated heterocycles. The van der Waals surface area contributed by atoms with Crippen molar-refractivity contribution < 1.29 is 10.0 Å². The van der Waals surface area contributed by atoms with Crippen LogP contribution in [0.25, 0.3) is 0 Å². The van der Waals surface area contributed by atoms with Crippen LogP contribution < -0.4 is 5.73 Å². The van der Waals surface area contributed by atoms with Crippen LogP contribution >= 0.6 is 0 Å². The summed E-state index contributed by atoms with van der Waals surface area (Å²) in [7, 11) is 0. The first-order valence-corrected chi connectivity index (χ1v) is 4.41. The lowest BCUT2D eigenvalue weighted by atomic mass is 10.0. The van der Waals surface area contributed by atoms with E-state index in [2.05, 4.69) is 5.16 Å². The first-order valence-electron chi connectivity index (χ1n) is 4.41. The van der Waals surface area contributed by atoms with Gasteiger partial charge in [0.25, 0.3) is 0 Å². The molecule has 13 heavy (non-hydrogen) atoms. The molecule has 0 radical (unpaired) electrons. The molecule has 0 aromatic carbocycles. The Bertz CT molecular complexity index is 227. The molecule has 1 unspecified atom stereocenters. The van der Waals surface area contributed by atoms with Gasteiger partial charge in [0.15, 0.2) is 5.84 Å². The second-order valence-corrected chi connectivity index (χ2v) is 3.25. The Morgan fingerprint density at radius 3 is 2.85 bits per heavy atom. The molecule has 1 atom stereocenters. The number of hydrogen-bond acceptors (Lipinski definition) is 3. The number of carbonyl (C=O) groups is 1. The highest BCUT2D eigenvalue weighted by Crippen LogP contribution is 2.16. The molecular formula is C8H15N3O2. The Balaban J connectivity index is 2.73. The molecule has 5 heteroatoms. The van der Waals surface area contributed by atoms with Crippen LogP contribution in [0.5, 0.6) is 0 Å². The van der Waals surface area contributed by atoms with E-state index in [9.17, 15) is 4.79 Å². The third-order valence-electron chi connectivity index (χ3n) is 2.36. The van der Waals surface area contributed by atoms with Gasteiger partial charge in [0.1, 0.15) is 0 Å². The molecule has 0 spiro atoms. The van der Waals surface area contributed by atoms with E-state index in [0.717, 1.165) is 19.3 Å². The van der Waals surface area contributed by atoms with Crippen LogP contribution in [-0.4, -0.2) is 34.4 Å². The number of hydrogen-bond donors (Lipinski definition) is 2. The minimum atomic E-state index is -0.212. The number of oxime groups is 1. The third kappa shape index (κ3) is 2.11. The van der Waals surface area contributed by atoms with Gasteiger partial charge in [-0.1, -0.05) is 5.16 Å². The van der Waals surface area contributed by atoms with E-state index < -0.39 is 0 Å². The summed E-state index contributed by atoms with van der Waals surface area (Å²) in [6, 6.07) is -0.212. The molecule has 1 fully saturated rings. The smallest absolute Gasteiger partial charge is 0.220 e. The van der Waals surface area contributed by atoms with Crippen molar-refractivity contribution in [2.45, 2.75) is 32.2 Å². The molecule has 0 aromatic heterocycles. The fraction of sp³-hybridized carbons (Fsp3) is 0.750. The van der Waals surface area contributed by atoms with Crippen molar-refractivity contribution in [2.75, 3.05) is 6.54 Å². The zero-order valence-electron chi connectivity index (χ0n) is 7.73. The van der Waals surface area contributed by atoms with Crippen LogP contribution in [-0.2, 0) is 4.79 Å². The van der Waals surface area contributed by atoms with Gasteiger partial charge < -0.3 is 15.8 Å². The highest BCUT2D eigenvalue weighted by molar-refractivity contribution is 5.89. The summed E-state index contributed by atoms with van der Waals surface area (Å²) in [6.45, 7) is 2.21. The number of nitrogens with two attached hydrogens (primary N) is 1. The summed E-state index contributed by atoms with van der Waals surface area (Å²) >= 11 is 0. The van der Waals surface area contributed by atoms with E-state index >= 15 is 0 Å². The Hall–Kier alpha value is -1.26. The van der Waals surface area contributed by atoms with E-state index in [0.29, 0.717) is 6.54 Å². The molecule has 0 saturated carbocycles. The second-order valence-electron chi connectivity index (χ2n) is 3.25. The van der Waals surface area contributed by atoms with Gasteiger partial charge in [-0.25, -0.2) is 0 Å². The molecule has 5 nitrogen and oxygen atoms in total. The lowest BCUT2D eigenvalue weighted by molar-refractivity contribution is -0.130.